The van der Waals surface area contributed by atoms with Crippen LogP contribution in [0.1, 0.15) is 51.3 Å². The number of fused-ring (bicyclic) bond motifs is 1. The fourth-order valence-corrected chi connectivity index (χ4v) is 4.00. The molecule has 0 spiro atoms. The summed E-state index contributed by atoms with van der Waals surface area (Å²) in [6.45, 7) is 10.1. The monoisotopic (exact) mass is 259 g/mol. The molecule has 1 fully saturated rings. The van der Waals surface area contributed by atoms with Crippen molar-refractivity contribution in [2.45, 2.75) is 46.6 Å². The van der Waals surface area contributed by atoms with Gasteiger partial charge >= 0.3 is 0 Å². The minimum atomic E-state index is 0.0815. The fraction of sp³-hybridized carbons (Fsp3) is 0.647. The molecule has 0 amide bonds. The highest BCUT2D eigenvalue weighted by Gasteiger charge is 2.66. The lowest BCUT2D eigenvalue weighted by atomic mass is 9.93. The Bertz CT molecular complexity index is 490. The SMILES string of the molecule is CC1(C)C(C(N)c2cccc3c2OCCC3)C1(C)C. The first kappa shape index (κ1) is 13.0. The summed E-state index contributed by atoms with van der Waals surface area (Å²) in [7, 11) is 0. The Kier molecular flexibility index (Phi) is 2.72. The maximum atomic E-state index is 6.60. The topological polar surface area (TPSA) is 35.2 Å². The molecule has 1 unspecified atom stereocenters. The summed E-state index contributed by atoms with van der Waals surface area (Å²) in [5.74, 6) is 1.59. The van der Waals surface area contributed by atoms with Crippen molar-refractivity contribution in [2.24, 2.45) is 22.5 Å². The first-order chi connectivity index (χ1) is 8.87. The van der Waals surface area contributed by atoms with Crippen molar-refractivity contribution in [2.75, 3.05) is 6.61 Å². The zero-order valence-electron chi connectivity index (χ0n) is 12.5. The van der Waals surface area contributed by atoms with Crippen LogP contribution in [0, 0.1) is 16.7 Å². The highest BCUT2D eigenvalue weighted by molar-refractivity contribution is 5.46. The van der Waals surface area contributed by atoms with E-state index in [-0.39, 0.29) is 6.04 Å². The van der Waals surface area contributed by atoms with Crippen LogP contribution in [0.15, 0.2) is 18.2 Å². The molecule has 0 saturated heterocycles. The first-order valence-corrected chi connectivity index (χ1v) is 7.37. The maximum Gasteiger partial charge on any atom is 0.127 e. The molecule has 2 aliphatic rings. The molecule has 2 N–H and O–H groups in total. The van der Waals surface area contributed by atoms with E-state index in [0.29, 0.717) is 16.7 Å². The van der Waals surface area contributed by atoms with Crippen LogP contribution in [-0.4, -0.2) is 6.61 Å². The fourth-order valence-electron chi connectivity index (χ4n) is 4.00. The molecule has 0 radical (unpaired) electrons. The molecule has 19 heavy (non-hydrogen) atoms. The van der Waals surface area contributed by atoms with Crippen LogP contribution in [0.3, 0.4) is 0 Å². The zero-order valence-corrected chi connectivity index (χ0v) is 12.5. The van der Waals surface area contributed by atoms with E-state index >= 15 is 0 Å². The number of hydrogen-bond donors (Lipinski definition) is 1. The molecule has 1 aliphatic heterocycles. The number of para-hydroxylation sites is 1. The summed E-state index contributed by atoms with van der Waals surface area (Å²) in [6, 6.07) is 6.54. The van der Waals surface area contributed by atoms with Crippen LogP contribution < -0.4 is 10.5 Å². The predicted octanol–water partition coefficient (Wildman–Crippen LogP) is 3.69. The van der Waals surface area contributed by atoms with Crippen molar-refractivity contribution in [3.8, 4) is 5.75 Å². The van der Waals surface area contributed by atoms with Gasteiger partial charge in [-0.15, -0.1) is 0 Å². The first-order valence-electron chi connectivity index (χ1n) is 7.37. The van der Waals surface area contributed by atoms with Gasteiger partial charge in [-0.3, -0.25) is 0 Å². The summed E-state index contributed by atoms with van der Waals surface area (Å²) in [4.78, 5) is 0. The molecule has 2 heteroatoms. The third-order valence-corrected chi connectivity index (χ3v) is 5.81. The third-order valence-electron chi connectivity index (χ3n) is 5.81. The molecule has 104 valence electrons. The van der Waals surface area contributed by atoms with Gasteiger partial charge in [-0.05, 0) is 35.2 Å². The molecule has 1 heterocycles. The Morgan fingerprint density at radius 3 is 2.53 bits per heavy atom. The van der Waals surface area contributed by atoms with Gasteiger partial charge in [0.05, 0.1) is 6.61 Å². The van der Waals surface area contributed by atoms with Gasteiger partial charge < -0.3 is 10.5 Å². The number of hydrogen-bond acceptors (Lipinski definition) is 2. The molecule has 3 rings (SSSR count). The van der Waals surface area contributed by atoms with Crippen LogP contribution >= 0.6 is 0 Å². The average Bonchev–Trinajstić information content (AvgIpc) is 2.78. The summed E-state index contributed by atoms with van der Waals surface area (Å²) < 4.78 is 5.91. The highest BCUT2D eigenvalue weighted by atomic mass is 16.5. The van der Waals surface area contributed by atoms with E-state index in [9.17, 15) is 0 Å². The smallest absolute Gasteiger partial charge is 0.127 e. The van der Waals surface area contributed by atoms with Crippen molar-refractivity contribution in [1.82, 2.24) is 0 Å². The lowest BCUT2D eigenvalue weighted by molar-refractivity contribution is 0.281. The van der Waals surface area contributed by atoms with E-state index in [4.69, 9.17) is 10.5 Å². The molecule has 0 bridgehead atoms. The summed E-state index contributed by atoms with van der Waals surface area (Å²) in [5.41, 5.74) is 9.75. The van der Waals surface area contributed by atoms with Crippen molar-refractivity contribution in [3.63, 3.8) is 0 Å². The average molecular weight is 259 g/mol. The molecule has 1 aliphatic carbocycles. The van der Waals surface area contributed by atoms with E-state index in [1.807, 2.05) is 0 Å². The summed E-state index contributed by atoms with van der Waals surface area (Å²) in [5, 5.41) is 0. The summed E-state index contributed by atoms with van der Waals surface area (Å²) in [6.07, 6.45) is 2.24. The second-order valence-corrected chi connectivity index (χ2v) is 7.23. The van der Waals surface area contributed by atoms with Crippen molar-refractivity contribution >= 4 is 0 Å². The standard InChI is InChI=1S/C17H25NO/c1-16(2)15(17(16,3)4)13(18)12-9-5-7-11-8-6-10-19-14(11)12/h5,7,9,13,15H,6,8,10,18H2,1-4H3. The number of ether oxygens (including phenoxy) is 1. The Labute approximate surface area is 116 Å². The van der Waals surface area contributed by atoms with Crippen LogP contribution in [0.25, 0.3) is 0 Å². The second-order valence-electron chi connectivity index (χ2n) is 7.23. The zero-order chi connectivity index (χ0) is 13.8. The molecule has 0 aromatic heterocycles. The van der Waals surface area contributed by atoms with Gasteiger partial charge in [-0.25, -0.2) is 0 Å². The van der Waals surface area contributed by atoms with Crippen molar-refractivity contribution in [1.29, 1.82) is 0 Å². The molecule has 1 saturated carbocycles. The van der Waals surface area contributed by atoms with Gasteiger partial charge in [0, 0.05) is 11.6 Å². The normalized spacial score (nSPS) is 25.3. The van der Waals surface area contributed by atoms with E-state index in [1.165, 1.54) is 11.1 Å². The summed E-state index contributed by atoms with van der Waals surface area (Å²) >= 11 is 0. The largest absolute Gasteiger partial charge is 0.493 e. The van der Waals surface area contributed by atoms with Gasteiger partial charge in [0.1, 0.15) is 5.75 Å². The molecular formula is C17H25NO. The van der Waals surface area contributed by atoms with E-state index < -0.39 is 0 Å². The number of aryl methyl sites for hydroxylation is 1. The number of benzene rings is 1. The van der Waals surface area contributed by atoms with Gasteiger partial charge in [0.25, 0.3) is 0 Å². The third kappa shape index (κ3) is 1.73. The van der Waals surface area contributed by atoms with Gasteiger partial charge in [0.15, 0.2) is 0 Å². The Morgan fingerprint density at radius 1 is 1.21 bits per heavy atom. The van der Waals surface area contributed by atoms with Gasteiger partial charge in [-0.2, -0.15) is 0 Å². The predicted molar refractivity (Wildman–Crippen MR) is 78.2 cm³/mol. The van der Waals surface area contributed by atoms with Crippen molar-refractivity contribution in [3.05, 3.63) is 29.3 Å². The van der Waals surface area contributed by atoms with Crippen LogP contribution in [0.4, 0.5) is 0 Å². The minimum Gasteiger partial charge on any atom is -0.493 e. The molecular weight excluding hydrogens is 234 g/mol. The van der Waals surface area contributed by atoms with E-state index in [0.717, 1.165) is 25.2 Å². The highest BCUT2D eigenvalue weighted by Crippen LogP contribution is 2.72. The van der Waals surface area contributed by atoms with E-state index in [2.05, 4.69) is 45.9 Å². The number of rotatable bonds is 2. The molecule has 2 nitrogen and oxygen atoms in total. The molecule has 1 aromatic carbocycles. The molecule has 1 atom stereocenters. The van der Waals surface area contributed by atoms with Crippen LogP contribution in [0.2, 0.25) is 0 Å². The minimum absolute atomic E-state index is 0.0815. The number of nitrogens with two attached hydrogens (primary N) is 1. The molecule has 1 aromatic rings. The van der Waals surface area contributed by atoms with Crippen LogP contribution in [0.5, 0.6) is 5.75 Å². The Hall–Kier alpha value is -1.02. The van der Waals surface area contributed by atoms with Crippen LogP contribution in [-0.2, 0) is 6.42 Å². The Morgan fingerprint density at radius 2 is 1.89 bits per heavy atom. The second kappa shape index (κ2) is 3.99. The lowest BCUT2D eigenvalue weighted by Gasteiger charge is -2.24. The Balaban J connectivity index is 1.96. The maximum absolute atomic E-state index is 6.60. The lowest BCUT2D eigenvalue weighted by Crippen LogP contribution is -2.20. The van der Waals surface area contributed by atoms with E-state index in [1.54, 1.807) is 0 Å². The quantitative estimate of drug-likeness (QED) is 0.879. The van der Waals surface area contributed by atoms with Crippen molar-refractivity contribution < 1.29 is 4.74 Å². The van der Waals surface area contributed by atoms with Gasteiger partial charge in [-0.1, -0.05) is 45.9 Å². The van der Waals surface area contributed by atoms with Gasteiger partial charge in [0.2, 0.25) is 0 Å².